The number of fused-ring (bicyclic) bond motifs is 6. The highest BCUT2D eigenvalue weighted by atomic mass is 16.6. The van der Waals surface area contributed by atoms with Gasteiger partial charge >= 0.3 is 5.97 Å². The minimum absolute atomic E-state index is 0.0580. The second-order valence-electron chi connectivity index (χ2n) is 10.1. The maximum absolute atomic E-state index is 12.9. The summed E-state index contributed by atoms with van der Waals surface area (Å²) in [6.45, 7) is 3.37. The monoisotopic (exact) mass is 402 g/mol. The van der Waals surface area contributed by atoms with E-state index in [1.165, 1.54) is 12.5 Å². The number of aliphatic hydroxyl groups is 1. The molecule has 29 heavy (non-hydrogen) atoms. The van der Waals surface area contributed by atoms with Crippen LogP contribution in [0.25, 0.3) is 0 Å². The Morgan fingerprint density at radius 3 is 2.83 bits per heavy atom. The van der Waals surface area contributed by atoms with Crippen LogP contribution < -0.4 is 0 Å². The third-order valence-corrected chi connectivity index (χ3v) is 9.05. The third-order valence-electron chi connectivity index (χ3n) is 9.05. The van der Waals surface area contributed by atoms with Crippen LogP contribution in [0, 0.1) is 34.5 Å². The van der Waals surface area contributed by atoms with Gasteiger partial charge in [-0.25, -0.2) is 0 Å². The fourth-order valence-corrected chi connectivity index (χ4v) is 7.96. The lowest BCUT2D eigenvalue weighted by molar-refractivity contribution is -0.163. The van der Waals surface area contributed by atoms with Crippen molar-refractivity contribution in [3.8, 4) is 0 Å². The van der Waals surface area contributed by atoms with Crippen LogP contribution in [-0.2, 0) is 23.9 Å². The first-order valence-corrected chi connectivity index (χ1v) is 11.0. The minimum Gasteiger partial charge on any atom is -0.458 e. The van der Waals surface area contributed by atoms with E-state index in [1.54, 1.807) is 0 Å². The number of ketones is 2. The van der Waals surface area contributed by atoms with Crippen molar-refractivity contribution in [1.29, 1.82) is 0 Å². The molecular weight excluding hydrogens is 372 g/mol. The van der Waals surface area contributed by atoms with Gasteiger partial charge in [0.1, 0.15) is 6.61 Å². The zero-order valence-corrected chi connectivity index (χ0v) is 17.2. The van der Waals surface area contributed by atoms with Crippen LogP contribution >= 0.6 is 0 Å². The molecule has 4 aliphatic carbocycles. The summed E-state index contributed by atoms with van der Waals surface area (Å²) in [5.41, 5.74) is 0.649. The second kappa shape index (κ2) is 6.48. The number of carbonyl (C=O) groups is 3. The molecule has 3 saturated carbocycles. The van der Waals surface area contributed by atoms with Crippen LogP contribution in [0.1, 0.15) is 58.8 Å². The molecule has 1 heterocycles. The summed E-state index contributed by atoms with van der Waals surface area (Å²) >= 11 is 0. The Bertz CT molecular complexity index is 801. The van der Waals surface area contributed by atoms with Crippen LogP contribution in [0.5, 0.6) is 0 Å². The van der Waals surface area contributed by atoms with Crippen molar-refractivity contribution in [2.75, 3.05) is 6.61 Å². The lowest BCUT2D eigenvalue weighted by Crippen LogP contribution is -2.55. The van der Waals surface area contributed by atoms with E-state index in [0.29, 0.717) is 18.8 Å². The largest absolute Gasteiger partial charge is 0.458 e. The van der Waals surface area contributed by atoms with Crippen molar-refractivity contribution >= 4 is 17.5 Å². The van der Waals surface area contributed by atoms with Gasteiger partial charge in [0.05, 0.1) is 6.10 Å². The van der Waals surface area contributed by atoms with Gasteiger partial charge in [0.2, 0.25) is 0 Å². The van der Waals surface area contributed by atoms with E-state index in [-0.39, 0.29) is 47.4 Å². The number of esters is 1. The van der Waals surface area contributed by atoms with E-state index in [4.69, 9.17) is 9.47 Å². The first-order valence-electron chi connectivity index (χ1n) is 11.0. The predicted molar refractivity (Wildman–Crippen MR) is 102 cm³/mol. The summed E-state index contributed by atoms with van der Waals surface area (Å²) < 4.78 is 11.2. The maximum atomic E-state index is 12.9. The summed E-state index contributed by atoms with van der Waals surface area (Å²) in [7, 11) is 0. The molecule has 2 bridgehead atoms. The number of rotatable bonds is 3. The van der Waals surface area contributed by atoms with Crippen molar-refractivity contribution in [3.63, 3.8) is 0 Å². The molecule has 8 atom stereocenters. The average molecular weight is 402 g/mol. The van der Waals surface area contributed by atoms with Gasteiger partial charge in [-0.2, -0.15) is 0 Å². The van der Waals surface area contributed by atoms with Gasteiger partial charge < -0.3 is 14.6 Å². The number of Topliss-reactive ketones (excluding diaryl/α,β-unsaturated/α-hetero) is 1. The maximum Gasteiger partial charge on any atom is 0.303 e. The predicted octanol–water partition coefficient (Wildman–Crippen LogP) is 2.57. The van der Waals surface area contributed by atoms with E-state index < -0.39 is 17.7 Å². The van der Waals surface area contributed by atoms with Crippen LogP contribution in [0.4, 0.5) is 0 Å². The highest BCUT2D eigenvalue weighted by Gasteiger charge is 2.71. The van der Waals surface area contributed by atoms with Crippen LogP contribution in [0.15, 0.2) is 11.6 Å². The Kier molecular flexibility index (Phi) is 4.34. The van der Waals surface area contributed by atoms with Crippen LogP contribution in [0.3, 0.4) is 0 Å². The van der Waals surface area contributed by atoms with Crippen molar-refractivity contribution in [3.05, 3.63) is 11.6 Å². The Hall–Kier alpha value is -1.53. The van der Waals surface area contributed by atoms with Gasteiger partial charge in [-0.15, -0.1) is 0 Å². The van der Waals surface area contributed by atoms with E-state index in [2.05, 4.69) is 6.92 Å². The van der Waals surface area contributed by atoms with Gasteiger partial charge in [-0.1, -0.05) is 12.5 Å². The van der Waals surface area contributed by atoms with E-state index in [9.17, 15) is 19.5 Å². The Balaban J connectivity index is 1.48. The molecule has 1 N–H and O–H groups in total. The molecule has 6 nitrogen and oxygen atoms in total. The summed E-state index contributed by atoms with van der Waals surface area (Å²) in [5.74, 6) is 0.289. The molecule has 158 valence electrons. The SMILES string of the molecule is CC(=O)OCC(=O)[C@H]1CC[C@H]2[C@@H]3CCC4=CC(=O)CC[C@]4(C)[C@H]3C3C[C@]12C(O)O3. The molecule has 6 heteroatoms. The molecule has 0 aromatic rings. The zero-order valence-electron chi connectivity index (χ0n) is 17.2. The molecule has 1 saturated heterocycles. The highest BCUT2D eigenvalue weighted by molar-refractivity contribution is 5.91. The number of hydrogen-bond donors (Lipinski definition) is 1. The quantitative estimate of drug-likeness (QED) is 0.730. The molecule has 0 radical (unpaired) electrons. The number of carbonyl (C=O) groups excluding carboxylic acids is 3. The number of ether oxygens (including phenoxy) is 2. The molecule has 0 amide bonds. The molecule has 0 aromatic heterocycles. The van der Waals surface area contributed by atoms with Crippen molar-refractivity contribution in [2.24, 2.45) is 34.5 Å². The normalized spacial score (nSPS) is 47.7. The Morgan fingerprint density at radius 2 is 2.07 bits per heavy atom. The molecule has 0 aromatic carbocycles. The first kappa shape index (κ1) is 19.4. The second-order valence-corrected chi connectivity index (χ2v) is 10.1. The van der Waals surface area contributed by atoms with Crippen molar-refractivity contribution in [1.82, 2.24) is 0 Å². The van der Waals surface area contributed by atoms with Gasteiger partial charge in [0.15, 0.2) is 17.9 Å². The zero-order chi connectivity index (χ0) is 20.6. The van der Waals surface area contributed by atoms with Gasteiger partial charge in [0, 0.05) is 24.7 Å². The number of hydrogen-bond acceptors (Lipinski definition) is 6. The van der Waals surface area contributed by atoms with Crippen molar-refractivity contribution < 1.29 is 29.0 Å². The van der Waals surface area contributed by atoms with Crippen molar-refractivity contribution in [2.45, 2.75) is 71.2 Å². The molecule has 1 aliphatic heterocycles. The molecule has 4 fully saturated rings. The third kappa shape index (κ3) is 2.57. The number of aliphatic hydroxyl groups excluding tert-OH is 1. The van der Waals surface area contributed by atoms with Crippen LogP contribution in [-0.4, -0.2) is 41.6 Å². The summed E-state index contributed by atoms with van der Waals surface area (Å²) in [4.78, 5) is 36.1. The van der Waals surface area contributed by atoms with E-state index in [1.807, 2.05) is 6.08 Å². The summed E-state index contributed by atoms with van der Waals surface area (Å²) in [6.07, 6.45) is 6.49. The Labute approximate surface area is 171 Å². The number of allylic oxidation sites excluding steroid dienone is 1. The Morgan fingerprint density at radius 1 is 1.28 bits per heavy atom. The highest BCUT2D eigenvalue weighted by Crippen LogP contribution is 2.71. The summed E-state index contributed by atoms with van der Waals surface area (Å²) in [5, 5.41) is 11.1. The van der Waals surface area contributed by atoms with Gasteiger partial charge in [-0.05, 0) is 67.8 Å². The topological polar surface area (TPSA) is 89.9 Å². The molecule has 5 aliphatic rings. The average Bonchev–Trinajstić information content (AvgIpc) is 3.19. The molecular formula is C23H30O6. The molecule has 5 rings (SSSR count). The molecule has 1 spiro atoms. The van der Waals surface area contributed by atoms with Gasteiger partial charge in [0.25, 0.3) is 0 Å². The van der Waals surface area contributed by atoms with Crippen LogP contribution in [0.2, 0.25) is 0 Å². The standard InChI is InChI=1S/C23H30O6/c1-12(24)28-11-18(26)17-6-5-16-15-4-3-13-9-14(25)7-8-22(13,2)20(15)19-10-23(16,17)21(27)29-19/h9,15-17,19-21,27H,3-8,10-11H2,1-2H3/t15-,16-,17+,19?,20+,21?,22-,23+/m0/s1. The summed E-state index contributed by atoms with van der Waals surface area (Å²) in [6, 6.07) is 0. The lowest BCUT2D eigenvalue weighted by atomic mass is 9.46. The molecule has 2 unspecified atom stereocenters. The van der Waals surface area contributed by atoms with E-state index in [0.717, 1.165) is 32.1 Å². The minimum atomic E-state index is -0.946. The van der Waals surface area contributed by atoms with Gasteiger partial charge in [-0.3, -0.25) is 14.4 Å². The fraction of sp³-hybridized carbons (Fsp3) is 0.783. The lowest BCUT2D eigenvalue weighted by Gasteiger charge is -2.57. The fourth-order valence-electron chi connectivity index (χ4n) is 7.96. The first-order chi connectivity index (χ1) is 13.8. The van der Waals surface area contributed by atoms with E-state index >= 15 is 0 Å². The smallest absolute Gasteiger partial charge is 0.303 e.